The molecule has 1 aromatic rings. The molecule has 7 heteroatoms. The Bertz CT molecular complexity index is 410. The van der Waals surface area contributed by atoms with Crippen LogP contribution < -0.4 is 16.9 Å². The van der Waals surface area contributed by atoms with Crippen molar-refractivity contribution in [2.75, 3.05) is 13.6 Å². The van der Waals surface area contributed by atoms with Gasteiger partial charge in [0.15, 0.2) is 11.6 Å². The van der Waals surface area contributed by atoms with E-state index in [1.807, 2.05) is 0 Å². The minimum absolute atomic E-state index is 0.382. The van der Waals surface area contributed by atoms with Gasteiger partial charge in [0.1, 0.15) is 6.34 Å². The van der Waals surface area contributed by atoms with E-state index in [1.54, 1.807) is 7.05 Å². The van der Waals surface area contributed by atoms with Gasteiger partial charge >= 0.3 is 0 Å². The first-order chi connectivity index (χ1) is 8.60. The van der Waals surface area contributed by atoms with Gasteiger partial charge in [-0.25, -0.2) is 19.7 Å². The number of nitrogens with two attached hydrogens (primary N) is 2. The predicted octanol–water partition coefficient (Wildman–Crippen LogP) is 0.693. The lowest BCUT2D eigenvalue weighted by Crippen LogP contribution is -2.33. The molecule has 18 heavy (non-hydrogen) atoms. The van der Waals surface area contributed by atoms with E-state index < -0.39 is 11.6 Å². The number of benzene rings is 1. The van der Waals surface area contributed by atoms with E-state index in [0.29, 0.717) is 18.5 Å². The molecular weight excluding hydrogens is 240 g/mol. The third kappa shape index (κ3) is 3.64. The van der Waals surface area contributed by atoms with Gasteiger partial charge in [0.2, 0.25) is 0 Å². The Morgan fingerprint density at radius 2 is 2.17 bits per heavy atom. The van der Waals surface area contributed by atoms with Gasteiger partial charge in [0, 0.05) is 0 Å². The number of hydrazone groups is 1. The molecule has 0 heterocycles. The van der Waals surface area contributed by atoms with Crippen LogP contribution in [-0.2, 0) is 0 Å². The summed E-state index contributed by atoms with van der Waals surface area (Å²) in [6.07, 6.45) is 1.63. The van der Waals surface area contributed by atoms with Crippen LogP contribution in [0.3, 0.4) is 0 Å². The van der Waals surface area contributed by atoms with Crippen molar-refractivity contribution in [1.82, 2.24) is 10.4 Å². The van der Waals surface area contributed by atoms with Crippen LogP contribution in [0.25, 0.3) is 0 Å². The van der Waals surface area contributed by atoms with Crippen molar-refractivity contribution >= 4 is 6.34 Å². The molecule has 1 atom stereocenters. The van der Waals surface area contributed by atoms with Crippen LogP contribution in [0.2, 0.25) is 0 Å². The normalized spacial score (nSPS) is 12.9. The van der Waals surface area contributed by atoms with E-state index >= 15 is 0 Å². The summed E-state index contributed by atoms with van der Waals surface area (Å²) in [5.74, 6) is 3.90. The second-order valence-corrected chi connectivity index (χ2v) is 3.73. The van der Waals surface area contributed by atoms with Crippen molar-refractivity contribution in [3.8, 4) is 0 Å². The maximum absolute atomic E-state index is 13.2. The summed E-state index contributed by atoms with van der Waals surface area (Å²) in [4.78, 5) is 0. The average Bonchev–Trinajstić information content (AvgIpc) is 2.34. The van der Waals surface area contributed by atoms with E-state index in [2.05, 4.69) is 10.4 Å². The fraction of sp³-hybridized carbons (Fsp3) is 0.364. The summed E-state index contributed by atoms with van der Waals surface area (Å²) in [6.45, 7) is 0.650. The molecule has 0 spiro atoms. The summed E-state index contributed by atoms with van der Waals surface area (Å²) < 4.78 is 26.1. The number of nitrogens with one attached hydrogen (secondary N) is 1. The van der Waals surface area contributed by atoms with Crippen LogP contribution in [0, 0.1) is 11.6 Å². The first-order valence-corrected chi connectivity index (χ1v) is 5.47. The lowest BCUT2D eigenvalue weighted by Gasteiger charge is -2.25. The van der Waals surface area contributed by atoms with Gasteiger partial charge in [-0.05, 0) is 37.7 Å². The first-order valence-electron chi connectivity index (χ1n) is 5.47. The van der Waals surface area contributed by atoms with Crippen LogP contribution in [0.4, 0.5) is 8.78 Å². The summed E-state index contributed by atoms with van der Waals surface area (Å²) in [5, 5.41) is 7.81. The van der Waals surface area contributed by atoms with Crippen molar-refractivity contribution in [3.05, 3.63) is 35.4 Å². The molecule has 0 saturated carbocycles. The Kier molecular flexibility index (Phi) is 5.47. The Balaban J connectivity index is 2.96. The molecule has 1 rings (SSSR count). The van der Waals surface area contributed by atoms with E-state index in [-0.39, 0.29) is 6.04 Å². The molecule has 0 bridgehead atoms. The molecule has 0 aliphatic carbocycles. The molecule has 0 aliphatic rings. The largest absolute Gasteiger partial charge is 0.388 e. The second kappa shape index (κ2) is 6.87. The van der Waals surface area contributed by atoms with Crippen LogP contribution in [-0.4, -0.2) is 25.0 Å². The molecule has 1 unspecified atom stereocenters. The minimum atomic E-state index is -0.910. The van der Waals surface area contributed by atoms with Crippen LogP contribution >= 0.6 is 0 Å². The van der Waals surface area contributed by atoms with Gasteiger partial charge in [0.05, 0.1) is 6.04 Å². The van der Waals surface area contributed by atoms with Gasteiger partial charge in [0.25, 0.3) is 0 Å². The number of hydrazine groups is 1. The fourth-order valence-electron chi connectivity index (χ4n) is 1.61. The SMILES string of the molecule is CNCCC(c1ccc(F)c(F)c1)N(N)/N=C\N. The van der Waals surface area contributed by atoms with Gasteiger partial charge in [-0.15, -0.1) is 0 Å². The zero-order chi connectivity index (χ0) is 13.5. The summed E-state index contributed by atoms with van der Waals surface area (Å²) in [6, 6.07) is 3.27. The smallest absolute Gasteiger partial charge is 0.159 e. The molecule has 0 amide bonds. The van der Waals surface area contributed by atoms with Crippen molar-refractivity contribution < 1.29 is 8.78 Å². The summed E-state index contributed by atoms with van der Waals surface area (Å²) in [5.41, 5.74) is 5.70. The van der Waals surface area contributed by atoms with Crippen LogP contribution in [0.15, 0.2) is 23.3 Å². The highest BCUT2D eigenvalue weighted by Gasteiger charge is 2.17. The number of nitrogens with zero attached hydrogens (tertiary/aromatic N) is 2. The lowest BCUT2D eigenvalue weighted by molar-refractivity contribution is 0.201. The maximum atomic E-state index is 13.2. The van der Waals surface area contributed by atoms with Gasteiger partial charge in [-0.3, -0.25) is 0 Å². The van der Waals surface area contributed by atoms with Gasteiger partial charge in [-0.2, -0.15) is 5.10 Å². The third-order valence-corrected chi connectivity index (χ3v) is 2.52. The van der Waals surface area contributed by atoms with E-state index in [1.165, 1.54) is 6.07 Å². The van der Waals surface area contributed by atoms with E-state index in [0.717, 1.165) is 23.6 Å². The fourth-order valence-corrected chi connectivity index (χ4v) is 1.61. The summed E-state index contributed by atoms with van der Waals surface area (Å²) >= 11 is 0. The lowest BCUT2D eigenvalue weighted by atomic mass is 10.0. The van der Waals surface area contributed by atoms with Gasteiger partial charge < -0.3 is 11.1 Å². The quantitative estimate of drug-likeness (QED) is 0.303. The third-order valence-electron chi connectivity index (χ3n) is 2.52. The Morgan fingerprint density at radius 1 is 1.44 bits per heavy atom. The number of hydrogen-bond acceptors (Lipinski definition) is 4. The highest BCUT2D eigenvalue weighted by molar-refractivity contribution is 5.50. The second-order valence-electron chi connectivity index (χ2n) is 3.73. The Morgan fingerprint density at radius 3 is 2.72 bits per heavy atom. The zero-order valence-corrected chi connectivity index (χ0v) is 10.1. The first kappa shape index (κ1) is 14.3. The molecular formula is C11H17F2N5. The number of rotatable bonds is 6. The number of hydrogen-bond donors (Lipinski definition) is 3. The Labute approximate surface area is 104 Å². The molecule has 0 saturated heterocycles. The van der Waals surface area contributed by atoms with Crippen molar-refractivity contribution in [3.63, 3.8) is 0 Å². The predicted molar refractivity (Wildman–Crippen MR) is 66.3 cm³/mol. The Hall–Kier alpha value is -1.73. The molecule has 5 N–H and O–H groups in total. The van der Waals surface area contributed by atoms with E-state index in [9.17, 15) is 8.78 Å². The molecule has 0 aromatic heterocycles. The highest BCUT2D eigenvalue weighted by atomic mass is 19.2. The molecule has 0 radical (unpaired) electrons. The molecule has 1 aromatic carbocycles. The monoisotopic (exact) mass is 257 g/mol. The van der Waals surface area contributed by atoms with Crippen molar-refractivity contribution in [2.24, 2.45) is 16.7 Å². The molecule has 0 aliphatic heterocycles. The minimum Gasteiger partial charge on any atom is -0.388 e. The van der Waals surface area contributed by atoms with Crippen LogP contribution in [0.1, 0.15) is 18.0 Å². The topological polar surface area (TPSA) is 79.7 Å². The maximum Gasteiger partial charge on any atom is 0.159 e. The zero-order valence-electron chi connectivity index (χ0n) is 10.1. The molecule has 5 nitrogen and oxygen atoms in total. The highest BCUT2D eigenvalue weighted by Crippen LogP contribution is 2.23. The van der Waals surface area contributed by atoms with Crippen molar-refractivity contribution in [2.45, 2.75) is 12.5 Å². The van der Waals surface area contributed by atoms with Crippen molar-refractivity contribution in [1.29, 1.82) is 0 Å². The standard InChI is InChI=1S/C11H17F2N5/c1-16-5-4-11(18(15)17-7-14)8-2-3-9(12)10(13)6-8/h2-3,6-7,11,16H,4-5,15H2,1H3,(H2,14,17). The average molecular weight is 257 g/mol. The van der Waals surface area contributed by atoms with Crippen LogP contribution in [0.5, 0.6) is 0 Å². The molecule has 0 fully saturated rings. The van der Waals surface area contributed by atoms with Gasteiger partial charge in [-0.1, -0.05) is 6.07 Å². The number of halogens is 2. The summed E-state index contributed by atoms with van der Waals surface area (Å²) in [7, 11) is 1.79. The van der Waals surface area contributed by atoms with E-state index in [4.69, 9.17) is 11.6 Å². The molecule has 100 valence electrons.